The molecule has 3 nitrogen and oxygen atoms in total. The minimum absolute atomic E-state index is 0.723. The van der Waals surface area contributed by atoms with Gasteiger partial charge in [0.2, 0.25) is 0 Å². The van der Waals surface area contributed by atoms with Crippen molar-refractivity contribution in [2.75, 3.05) is 32.8 Å². The predicted molar refractivity (Wildman–Crippen MR) is 84.3 cm³/mol. The van der Waals surface area contributed by atoms with E-state index >= 15 is 0 Å². The minimum Gasteiger partial charge on any atom is -0.494 e. The third-order valence-corrected chi connectivity index (χ3v) is 3.90. The maximum absolute atomic E-state index is 5.78. The normalized spacial score (nSPS) is 19.2. The van der Waals surface area contributed by atoms with E-state index in [4.69, 9.17) is 4.74 Å². The molecule has 1 aromatic rings. The Hall–Kier alpha value is -1.06. The van der Waals surface area contributed by atoms with Crippen LogP contribution in [-0.2, 0) is 0 Å². The average molecular weight is 276 g/mol. The summed E-state index contributed by atoms with van der Waals surface area (Å²) in [7, 11) is 0. The van der Waals surface area contributed by atoms with Crippen LogP contribution in [0, 0.1) is 0 Å². The summed E-state index contributed by atoms with van der Waals surface area (Å²) in [5, 5.41) is 3.52. The lowest BCUT2D eigenvalue weighted by molar-refractivity contribution is 0.153. The Balaban J connectivity index is 1.69. The van der Waals surface area contributed by atoms with Crippen molar-refractivity contribution in [3.8, 4) is 5.75 Å². The van der Waals surface area contributed by atoms with E-state index in [0.717, 1.165) is 37.9 Å². The van der Waals surface area contributed by atoms with Gasteiger partial charge in [-0.25, -0.2) is 0 Å². The van der Waals surface area contributed by atoms with Crippen molar-refractivity contribution in [3.63, 3.8) is 0 Å². The molecule has 1 unspecified atom stereocenters. The topological polar surface area (TPSA) is 24.5 Å². The fourth-order valence-electron chi connectivity index (χ4n) is 2.88. The molecule has 0 bridgehead atoms. The second kappa shape index (κ2) is 8.98. The van der Waals surface area contributed by atoms with E-state index in [2.05, 4.69) is 17.1 Å². The van der Waals surface area contributed by atoms with Gasteiger partial charge in [0, 0.05) is 19.1 Å². The molecule has 112 valence electrons. The van der Waals surface area contributed by atoms with Gasteiger partial charge in [-0.15, -0.1) is 0 Å². The number of nitrogens with one attached hydrogen (secondary N) is 1. The summed E-state index contributed by atoms with van der Waals surface area (Å²) in [5.41, 5.74) is 0. The molecule has 1 aromatic carbocycles. The predicted octanol–water partition coefficient (Wildman–Crippen LogP) is 2.92. The molecule has 0 spiro atoms. The molecule has 0 saturated carbocycles. The molecule has 1 heterocycles. The zero-order chi connectivity index (χ0) is 14.0. The largest absolute Gasteiger partial charge is 0.494 e. The molecule has 20 heavy (non-hydrogen) atoms. The van der Waals surface area contributed by atoms with E-state index in [9.17, 15) is 0 Å². The Morgan fingerprint density at radius 2 is 2.10 bits per heavy atom. The second-order valence-electron chi connectivity index (χ2n) is 5.55. The zero-order valence-electron chi connectivity index (χ0n) is 12.7. The van der Waals surface area contributed by atoms with Crippen LogP contribution in [0.5, 0.6) is 5.75 Å². The standard InChI is InChI=1S/C17H28N2O/c1-2-12-19(16-8-6-11-18-15-16)13-7-14-20-17-9-4-3-5-10-17/h3-5,9-10,16,18H,2,6-8,11-15H2,1H3. The highest BCUT2D eigenvalue weighted by molar-refractivity contribution is 5.20. The average Bonchev–Trinajstić information content (AvgIpc) is 2.52. The van der Waals surface area contributed by atoms with Crippen LogP contribution in [-0.4, -0.2) is 43.7 Å². The number of rotatable bonds is 8. The number of piperidine rings is 1. The van der Waals surface area contributed by atoms with Gasteiger partial charge in [0.15, 0.2) is 0 Å². The first-order valence-electron chi connectivity index (χ1n) is 8.02. The summed E-state index contributed by atoms with van der Waals surface area (Å²) >= 11 is 0. The van der Waals surface area contributed by atoms with Gasteiger partial charge >= 0.3 is 0 Å². The molecule has 1 fully saturated rings. The van der Waals surface area contributed by atoms with Gasteiger partial charge < -0.3 is 10.1 Å². The Kier molecular flexibility index (Phi) is 6.89. The molecule has 2 rings (SSSR count). The second-order valence-corrected chi connectivity index (χ2v) is 5.55. The van der Waals surface area contributed by atoms with Crippen LogP contribution in [0.4, 0.5) is 0 Å². The summed E-state index contributed by atoms with van der Waals surface area (Å²) in [6.07, 6.45) is 4.99. The first-order chi connectivity index (χ1) is 9.90. The number of benzene rings is 1. The Morgan fingerprint density at radius 1 is 1.25 bits per heavy atom. The van der Waals surface area contributed by atoms with E-state index in [1.165, 1.54) is 32.4 Å². The molecule has 3 heteroatoms. The van der Waals surface area contributed by atoms with Crippen molar-refractivity contribution in [3.05, 3.63) is 30.3 Å². The molecule has 0 amide bonds. The van der Waals surface area contributed by atoms with Gasteiger partial charge in [-0.3, -0.25) is 4.90 Å². The lowest BCUT2D eigenvalue weighted by Crippen LogP contribution is -2.46. The van der Waals surface area contributed by atoms with Crippen LogP contribution in [0.25, 0.3) is 0 Å². The van der Waals surface area contributed by atoms with E-state index in [0.29, 0.717) is 0 Å². The maximum atomic E-state index is 5.78. The van der Waals surface area contributed by atoms with Crippen molar-refractivity contribution >= 4 is 0 Å². The minimum atomic E-state index is 0.723. The van der Waals surface area contributed by atoms with Crippen molar-refractivity contribution in [1.82, 2.24) is 10.2 Å². The molecular weight excluding hydrogens is 248 g/mol. The van der Waals surface area contributed by atoms with Gasteiger partial charge in [0.05, 0.1) is 6.61 Å². The van der Waals surface area contributed by atoms with E-state index < -0.39 is 0 Å². The van der Waals surface area contributed by atoms with Crippen LogP contribution < -0.4 is 10.1 Å². The SMILES string of the molecule is CCCN(CCCOc1ccccc1)C1CCCNC1. The number of ether oxygens (including phenoxy) is 1. The Labute approximate surface area is 123 Å². The Morgan fingerprint density at radius 3 is 2.80 bits per heavy atom. The van der Waals surface area contributed by atoms with Crippen LogP contribution in [0.1, 0.15) is 32.6 Å². The van der Waals surface area contributed by atoms with E-state index in [1.54, 1.807) is 0 Å². The van der Waals surface area contributed by atoms with Gasteiger partial charge in [-0.05, 0) is 50.9 Å². The van der Waals surface area contributed by atoms with Crippen LogP contribution in [0.2, 0.25) is 0 Å². The van der Waals surface area contributed by atoms with Crippen molar-refractivity contribution in [2.24, 2.45) is 0 Å². The number of hydrogen-bond donors (Lipinski definition) is 1. The van der Waals surface area contributed by atoms with E-state index in [1.807, 2.05) is 30.3 Å². The molecule has 1 aliphatic rings. The Bertz CT molecular complexity index is 349. The van der Waals surface area contributed by atoms with Crippen molar-refractivity contribution in [1.29, 1.82) is 0 Å². The summed E-state index contributed by atoms with van der Waals surface area (Å²) < 4.78 is 5.78. The molecule has 0 aliphatic carbocycles. The number of para-hydroxylation sites is 1. The highest BCUT2D eigenvalue weighted by atomic mass is 16.5. The zero-order valence-corrected chi connectivity index (χ0v) is 12.7. The highest BCUT2D eigenvalue weighted by Gasteiger charge is 2.19. The lowest BCUT2D eigenvalue weighted by atomic mass is 10.1. The number of nitrogens with zero attached hydrogens (tertiary/aromatic N) is 1. The first kappa shape index (κ1) is 15.3. The van der Waals surface area contributed by atoms with Gasteiger partial charge in [-0.1, -0.05) is 25.1 Å². The highest BCUT2D eigenvalue weighted by Crippen LogP contribution is 2.12. The third-order valence-electron chi connectivity index (χ3n) is 3.90. The fourth-order valence-corrected chi connectivity index (χ4v) is 2.88. The van der Waals surface area contributed by atoms with Crippen molar-refractivity contribution in [2.45, 2.75) is 38.6 Å². The molecule has 1 atom stereocenters. The van der Waals surface area contributed by atoms with Gasteiger partial charge in [-0.2, -0.15) is 0 Å². The van der Waals surface area contributed by atoms with Crippen LogP contribution in [0.3, 0.4) is 0 Å². The van der Waals surface area contributed by atoms with E-state index in [-0.39, 0.29) is 0 Å². The molecular formula is C17H28N2O. The van der Waals surface area contributed by atoms with Crippen molar-refractivity contribution < 1.29 is 4.74 Å². The number of hydrogen-bond acceptors (Lipinski definition) is 3. The fraction of sp³-hybridized carbons (Fsp3) is 0.647. The van der Waals surface area contributed by atoms with Crippen LogP contribution in [0.15, 0.2) is 30.3 Å². The summed E-state index contributed by atoms with van der Waals surface area (Å²) in [6, 6.07) is 10.8. The molecule has 1 saturated heterocycles. The summed E-state index contributed by atoms with van der Waals surface area (Å²) in [6.45, 7) is 7.77. The smallest absolute Gasteiger partial charge is 0.119 e. The molecule has 0 aromatic heterocycles. The maximum Gasteiger partial charge on any atom is 0.119 e. The summed E-state index contributed by atoms with van der Waals surface area (Å²) in [4.78, 5) is 2.64. The third kappa shape index (κ3) is 5.14. The molecule has 0 radical (unpaired) electrons. The molecule has 1 N–H and O–H groups in total. The quantitative estimate of drug-likeness (QED) is 0.739. The summed E-state index contributed by atoms with van der Waals surface area (Å²) in [5.74, 6) is 0.980. The first-order valence-corrected chi connectivity index (χ1v) is 8.02. The molecule has 1 aliphatic heterocycles. The van der Waals surface area contributed by atoms with Gasteiger partial charge in [0.25, 0.3) is 0 Å². The lowest BCUT2D eigenvalue weighted by Gasteiger charge is -2.34. The monoisotopic (exact) mass is 276 g/mol. The van der Waals surface area contributed by atoms with Gasteiger partial charge in [0.1, 0.15) is 5.75 Å². The van der Waals surface area contributed by atoms with Crippen LogP contribution >= 0.6 is 0 Å².